The van der Waals surface area contributed by atoms with E-state index in [0.717, 1.165) is 66.9 Å². The van der Waals surface area contributed by atoms with Crippen LogP contribution in [0.3, 0.4) is 0 Å². The van der Waals surface area contributed by atoms with E-state index in [1.807, 2.05) is 65.6 Å². The molecule has 4 aromatic rings. The maximum atomic E-state index is 13.2. The molecule has 44 heavy (non-hydrogen) atoms. The van der Waals surface area contributed by atoms with Crippen LogP contribution in [0, 0.1) is 0 Å². The van der Waals surface area contributed by atoms with E-state index >= 15 is 0 Å². The summed E-state index contributed by atoms with van der Waals surface area (Å²) in [6, 6.07) is 19.6. The van der Waals surface area contributed by atoms with Crippen molar-refractivity contribution in [2.75, 3.05) is 59.0 Å². The largest absolute Gasteiger partial charge is 0.493 e. The number of nitrogens with one attached hydrogen (secondary N) is 1. The summed E-state index contributed by atoms with van der Waals surface area (Å²) in [5.74, 6) is 2.46. The third kappa shape index (κ3) is 5.81. The van der Waals surface area contributed by atoms with Gasteiger partial charge >= 0.3 is 0 Å². The molecule has 0 spiro atoms. The highest BCUT2D eigenvalue weighted by molar-refractivity contribution is 5.98. The molecule has 2 fully saturated rings. The fourth-order valence-electron chi connectivity index (χ4n) is 6.06. The quantitative estimate of drug-likeness (QED) is 0.245. The van der Waals surface area contributed by atoms with E-state index < -0.39 is 0 Å². The predicted molar refractivity (Wildman–Crippen MR) is 170 cm³/mol. The number of hydrogen-bond donors (Lipinski definition) is 1. The number of carbonyl (C=O) groups is 2. The van der Waals surface area contributed by atoms with Crippen LogP contribution in [0.15, 0.2) is 60.7 Å². The minimum Gasteiger partial charge on any atom is -0.493 e. The molecule has 1 aliphatic heterocycles. The van der Waals surface area contributed by atoms with E-state index in [-0.39, 0.29) is 11.8 Å². The molecule has 1 aromatic heterocycles. The first kappa shape index (κ1) is 29.5. The Kier molecular flexibility index (Phi) is 8.70. The zero-order chi connectivity index (χ0) is 30.6. The van der Waals surface area contributed by atoms with Crippen molar-refractivity contribution in [1.29, 1.82) is 0 Å². The molecular weight excluding hydrogens is 558 g/mol. The second-order valence-electron chi connectivity index (χ2n) is 11.3. The van der Waals surface area contributed by atoms with Gasteiger partial charge in [0.25, 0.3) is 5.91 Å². The standard InChI is InChI=1S/C34H39N5O5/c1-42-29-20-24(21-30(43-2)32(29)44-3)33-36-27-14-13-23(19-28(27)39(33)26-11-7-12-26)34(41)35-15-8-16-37-17-18-38(31(40)22-37)25-9-5-4-6-10-25/h4-6,9-10,13-14,19-21,26H,7-8,11-12,15-18,22H2,1-3H3,(H,35,41). The number of carbonyl (C=O) groups excluding carboxylic acids is 2. The Bertz CT molecular complexity index is 1620. The Morgan fingerprint density at radius 2 is 1.70 bits per heavy atom. The van der Waals surface area contributed by atoms with Gasteiger partial charge in [-0.15, -0.1) is 0 Å². The number of para-hydroxylation sites is 1. The SMILES string of the molecule is COc1cc(-c2nc3ccc(C(=O)NCCCN4CCN(c5ccccc5)C(=O)C4)cc3n2C2CCC2)cc(OC)c1OC. The number of methoxy groups -OCH3 is 3. The third-order valence-electron chi connectivity index (χ3n) is 8.62. The van der Waals surface area contributed by atoms with Crippen molar-refractivity contribution in [3.8, 4) is 28.6 Å². The van der Waals surface area contributed by atoms with Crippen LogP contribution in [-0.4, -0.2) is 80.3 Å². The van der Waals surface area contributed by atoms with Crippen molar-refractivity contribution in [1.82, 2.24) is 19.8 Å². The number of nitrogens with zero attached hydrogens (tertiary/aromatic N) is 4. The Morgan fingerprint density at radius 1 is 0.955 bits per heavy atom. The molecule has 230 valence electrons. The molecular formula is C34H39N5O5. The van der Waals surface area contributed by atoms with Crippen LogP contribution in [0.25, 0.3) is 22.4 Å². The lowest BCUT2D eigenvalue weighted by Gasteiger charge is -2.34. The summed E-state index contributed by atoms with van der Waals surface area (Å²) in [6.45, 7) is 3.15. The third-order valence-corrected chi connectivity index (χ3v) is 8.62. The minimum atomic E-state index is -0.118. The molecule has 0 atom stereocenters. The van der Waals surface area contributed by atoms with E-state index in [1.165, 1.54) is 0 Å². The molecule has 1 aliphatic carbocycles. The van der Waals surface area contributed by atoms with Gasteiger partial charge in [-0.3, -0.25) is 14.5 Å². The summed E-state index contributed by atoms with van der Waals surface area (Å²) >= 11 is 0. The van der Waals surface area contributed by atoms with Gasteiger partial charge in [0.1, 0.15) is 5.82 Å². The zero-order valence-corrected chi connectivity index (χ0v) is 25.5. The molecule has 0 radical (unpaired) electrons. The van der Waals surface area contributed by atoms with Crippen molar-refractivity contribution in [2.45, 2.75) is 31.7 Å². The summed E-state index contributed by atoms with van der Waals surface area (Å²) in [6.07, 6.45) is 4.03. The van der Waals surface area contributed by atoms with Crippen molar-refractivity contribution in [3.05, 3.63) is 66.2 Å². The van der Waals surface area contributed by atoms with Gasteiger partial charge in [0.2, 0.25) is 11.7 Å². The number of imidazole rings is 1. The number of aromatic nitrogens is 2. The first-order valence-corrected chi connectivity index (χ1v) is 15.2. The molecule has 2 aliphatic rings. The number of fused-ring (bicyclic) bond motifs is 1. The van der Waals surface area contributed by atoms with Crippen LogP contribution in [0.4, 0.5) is 5.69 Å². The second kappa shape index (κ2) is 13.0. The maximum Gasteiger partial charge on any atom is 0.251 e. The molecule has 6 rings (SSSR count). The Morgan fingerprint density at radius 3 is 2.34 bits per heavy atom. The van der Waals surface area contributed by atoms with Gasteiger partial charge in [-0.25, -0.2) is 4.98 Å². The van der Waals surface area contributed by atoms with Crippen molar-refractivity contribution < 1.29 is 23.8 Å². The van der Waals surface area contributed by atoms with E-state index in [1.54, 1.807) is 21.3 Å². The molecule has 1 N–H and O–H groups in total. The van der Waals surface area contributed by atoms with Gasteiger partial charge in [-0.05, 0) is 68.1 Å². The van der Waals surface area contributed by atoms with Crippen molar-refractivity contribution >= 4 is 28.5 Å². The van der Waals surface area contributed by atoms with E-state index in [4.69, 9.17) is 19.2 Å². The predicted octanol–water partition coefficient (Wildman–Crippen LogP) is 4.92. The number of benzene rings is 3. The van der Waals surface area contributed by atoms with Crippen LogP contribution >= 0.6 is 0 Å². The molecule has 0 unspecified atom stereocenters. The van der Waals surface area contributed by atoms with Crippen LogP contribution in [0.2, 0.25) is 0 Å². The number of rotatable bonds is 11. The topological polar surface area (TPSA) is 98.2 Å². The number of anilines is 1. The van der Waals surface area contributed by atoms with Crippen molar-refractivity contribution in [3.63, 3.8) is 0 Å². The summed E-state index contributed by atoms with van der Waals surface area (Å²) < 4.78 is 19.0. The second-order valence-corrected chi connectivity index (χ2v) is 11.3. The fourth-order valence-corrected chi connectivity index (χ4v) is 6.06. The van der Waals surface area contributed by atoms with Gasteiger partial charge in [0.15, 0.2) is 11.5 Å². The first-order valence-electron chi connectivity index (χ1n) is 15.2. The lowest BCUT2D eigenvalue weighted by Crippen LogP contribution is -2.50. The summed E-state index contributed by atoms with van der Waals surface area (Å²) in [5.41, 5.74) is 4.16. The normalized spacial score (nSPS) is 15.7. The minimum absolute atomic E-state index is 0.105. The molecule has 2 amide bonds. The van der Waals surface area contributed by atoms with E-state index in [0.29, 0.717) is 48.5 Å². The molecule has 2 heterocycles. The number of ether oxygens (including phenoxy) is 3. The van der Waals surface area contributed by atoms with Gasteiger partial charge in [0, 0.05) is 49.0 Å². The molecule has 10 heteroatoms. The van der Waals surface area contributed by atoms with E-state index in [2.05, 4.69) is 14.8 Å². The summed E-state index contributed by atoms with van der Waals surface area (Å²) in [4.78, 5) is 34.9. The number of piperazine rings is 1. The average Bonchev–Trinajstić information content (AvgIpc) is 3.40. The Hall–Kier alpha value is -4.57. The van der Waals surface area contributed by atoms with Crippen LogP contribution in [0.5, 0.6) is 17.2 Å². The Balaban J connectivity index is 1.13. The van der Waals surface area contributed by atoms with Crippen LogP contribution < -0.4 is 24.4 Å². The van der Waals surface area contributed by atoms with Gasteiger partial charge in [-0.1, -0.05) is 18.2 Å². The van der Waals surface area contributed by atoms with Crippen LogP contribution in [-0.2, 0) is 4.79 Å². The molecule has 3 aromatic carbocycles. The highest BCUT2D eigenvalue weighted by atomic mass is 16.5. The van der Waals surface area contributed by atoms with Gasteiger partial charge in [0.05, 0.1) is 38.9 Å². The summed E-state index contributed by atoms with van der Waals surface area (Å²) in [5, 5.41) is 3.07. The highest BCUT2D eigenvalue weighted by Gasteiger charge is 2.28. The smallest absolute Gasteiger partial charge is 0.251 e. The zero-order valence-electron chi connectivity index (χ0n) is 25.5. The van der Waals surface area contributed by atoms with E-state index in [9.17, 15) is 9.59 Å². The van der Waals surface area contributed by atoms with Crippen LogP contribution in [0.1, 0.15) is 42.1 Å². The molecule has 0 bridgehead atoms. The maximum absolute atomic E-state index is 13.2. The monoisotopic (exact) mass is 597 g/mol. The molecule has 1 saturated heterocycles. The highest BCUT2D eigenvalue weighted by Crippen LogP contribution is 2.44. The lowest BCUT2D eigenvalue weighted by atomic mass is 9.92. The lowest BCUT2D eigenvalue weighted by molar-refractivity contribution is -0.121. The van der Waals surface area contributed by atoms with Gasteiger partial charge in [-0.2, -0.15) is 0 Å². The number of hydrogen-bond acceptors (Lipinski definition) is 7. The summed E-state index contributed by atoms with van der Waals surface area (Å²) in [7, 11) is 4.79. The fraction of sp³-hybridized carbons (Fsp3) is 0.382. The Labute approximate surface area is 257 Å². The first-order chi connectivity index (χ1) is 21.5. The average molecular weight is 598 g/mol. The van der Waals surface area contributed by atoms with Gasteiger partial charge < -0.3 is 29.0 Å². The van der Waals surface area contributed by atoms with Crippen molar-refractivity contribution in [2.24, 2.45) is 0 Å². The number of amides is 2. The molecule has 10 nitrogen and oxygen atoms in total. The molecule has 1 saturated carbocycles.